The number of ether oxygens (including phenoxy) is 1. The van der Waals surface area contributed by atoms with Crippen molar-refractivity contribution >= 4 is 17.3 Å². The van der Waals surface area contributed by atoms with Gasteiger partial charge in [0.2, 0.25) is 0 Å². The summed E-state index contributed by atoms with van der Waals surface area (Å²) in [5.41, 5.74) is 3.26. The number of aromatic nitrogens is 1. The van der Waals surface area contributed by atoms with Crippen LogP contribution >= 0.6 is 0 Å². The normalized spacial score (nSPS) is 13.8. The molecule has 0 spiro atoms. The summed E-state index contributed by atoms with van der Waals surface area (Å²) in [5, 5.41) is 14.8. The van der Waals surface area contributed by atoms with E-state index >= 15 is 0 Å². The predicted octanol–water partition coefficient (Wildman–Crippen LogP) is 3.74. The minimum absolute atomic E-state index is 0.0452. The number of hydrogen-bond acceptors (Lipinski definition) is 7. The third-order valence-electron chi connectivity index (χ3n) is 5.64. The van der Waals surface area contributed by atoms with Crippen LogP contribution in [0.4, 0.5) is 11.4 Å². The largest absolute Gasteiger partial charge is 0.489 e. The Balaban J connectivity index is 1.36. The highest BCUT2D eigenvalue weighted by molar-refractivity contribution is 5.94. The first-order valence-corrected chi connectivity index (χ1v) is 10.4. The number of anilines is 1. The topological polar surface area (TPSA) is 102 Å². The average molecular weight is 436 g/mol. The van der Waals surface area contributed by atoms with Crippen LogP contribution in [0.5, 0.6) is 5.75 Å². The number of aryl methyl sites for hydroxylation is 2. The van der Waals surface area contributed by atoms with E-state index < -0.39 is 4.92 Å². The highest BCUT2D eigenvalue weighted by atomic mass is 16.6. The Bertz CT molecular complexity index is 1100. The van der Waals surface area contributed by atoms with Gasteiger partial charge >= 0.3 is 0 Å². The number of piperazine rings is 1. The number of nitrogens with zero attached hydrogens (tertiary/aromatic N) is 4. The third-order valence-corrected chi connectivity index (χ3v) is 5.64. The zero-order chi connectivity index (χ0) is 22.7. The quantitative estimate of drug-likeness (QED) is 0.428. The van der Waals surface area contributed by atoms with E-state index in [1.807, 2.05) is 30.9 Å². The van der Waals surface area contributed by atoms with Crippen molar-refractivity contribution in [1.82, 2.24) is 10.1 Å². The van der Waals surface area contributed by atoms with Gasteiger partial charge in [0.15, 0.2) is 0 Å². The van der Waals surface area contributed by atoms with Gasteiger partial charge < -0.3 is 19.1 Å². The molecule has 0 unspecified atom stereocenters. The van der Waals surface area contributed by atoms with Crippen LogP contribution < -0.4 is 9.64 Å². The number of benzene rings is 2. The van der Waals surface area contributed by atoms with E-state index in [0.29, 0.717) is 44.1 Å². The Morgan fingerprint density at radius 3 is 2.47 bits per heavy atom. The number of nitro groups is 1. The smallest absolute Gasteiger partial charge is 0.269 e. The molecule has 0 saturated carbocycles. The highest BCUT2D eigenvalue weighted by Crippen LogP contribution is 2.23. The predicted molar refractivity (Wildman–Crippen MR) is 118 cm³/mol. The van der Waals surface area contributed by atoms with Crippen LogP contribution in [0.25, 0.3) is 0 Å². The van der Waals surface area contributed by atoms with Crippen molar-refractivity contribution in [2.24, 2.45) is 0 Å². The number of carbonyl (C=O) groups excluding carboxylic acids is 1. The number of carbonyl (C=O) groups is 1. The summed E-state index contributed by atoms with van der Waals surface area (Å²) in [6.07, 6.45) is 0. The lowest BCUT2D eigenvalue weighted by Gasteiger charge is -2.36. The molecule has 1 aliphatic heterocycles. The molecule has 4 rings (SSSR count). The van der Waals surface area contributed by atoms with Crippen LogP contribution in [0.15, 0.2) is 53.1 Å². The molecule has 2 heterocycles. The summed E-state index contributed by atoms with van der Waals surface area (Å²) in [6.45, 7) is 6.49. The standard InChI is InChI=1S/C23H24N4O5/c1-16-22(17(2)32-24-16)15-31-21-5-3-4-18(14-21)23(28)26-12-10-25(11-13-26)19-6-8-20(9-7-19)27(29)30/h3-9,14H,10-13,15H2,1-2H3. The van der Waals surface area contributed by atoms with Crippen LogP contribution in [0.3, 0.4) is 0 Å². The van der Waals surface area contributed by atoms with E-state index in [2.05, 4.69) is 10.1 Å². The number of rotatable bonds is 6. The molecule has 1 aromatic heterocycles. The van der Waals surface area contributed by atoms with Gasteiger partial charge in [-0.15, -0.1) is 0 Å². The van der Waals surface area contributed by atoms with E-state index in [1.54, 1.807) is 24.3 Å². The molecule has 32 heavy (non-hydrogen) atoms. The van der Waals surface area contributed by atoms with Crippen LogP contribution in [-0.4, -0.2) is 47.1 Å². The molecule has 0 bridgehead atoms. The molecule has 3 aromatic rings. The summed E-state index contributed by atoms with van der Waals surface area (Å²) >= 11 is 0. The molecule has 1 aliphatic rings. The first kappa shape index (κ1) is 21.4. The maximum atomic E-state index is 13.0. The Labute approximate surface area is 185 Å². The van der Waals surface area contributed by atoms with E-state index in [-0.39, 0.29) is 11.6 Å². The monoisotopic (exact) mass is 436 g/mol. The number of amides is 1. The third kappa shape index (κ3) is 4.56. The van der Waals surface area contributed by atoms with Gasteiger partial charge in [0.1, 0.15) is 18.1 Å². The summed E-state index contributed by atoms with van der Waals surface area (Å²) in [5.74, 6) is 1.29. The van der Waals surface area contributed by atoms with E-state index in [1.165, 1.54) is 12.1 Å². The van der Waals surface area contributed by atoms with E-state index in [4.69, 9.17) is 9.26 Å². The lowest BCUT2D eigenvalue weighted by atomic mass is 10.1. The van der Waals surface area contributed by atoms with Gasteiger partial charge in [0, 0.05) is 49.6 Å². The zero-order valence-corrected chi connectivity index (χ0v) is 18.0. The van der Waals surface area contributed by atoms with E-state index in [0.717, 1.165) is 22.7 Å². The van der Waals surface area contributed by atoms with Crippen molar-refractivity contribution in [2.75, 3.05) is 31.1 Å². The van der Waals surface area contributed by atoms with Gasteiger partial charge in [-0.1, -0.05) is 11.2 Å². The van der Waals surface area contributed by atoms with Crippen molar-refractivity contribution in [3.05, 3.63) is 81.2 Å². The van der Waals surface area contributed by atoms with Crippen LogP contribution in [-0.2, 0) is 6.61 Å². The summed E-state index contributed by atoms with van der Waals surface area (Å²) < 4.78 is 11.0. The SMILES string of the molecule is Cc1noc(C)c1COc1cccc(C(=O)N2CCN(c3ccc([N+](=O)[O-])cc3)CC2)c1. The van der Waals surface area contributed by atoms with Crippen molar-refractivity contribution in [2.45, 2.75) is 20.5 Å². The van der Waals surface area contributed by atoms with Crippen molar-refractivity contribution in [1.29, 1.82) is 0 Å². The fraction of sp³-hybridized carbons (Fsp3) is 0.304. The minimum atomic E-state index is -0.410. The molecule has 9 heteroatoms. The molecule has 1 amide bonds. The average Bonchev–Trinajstić information content (AvgIpc) is 3.14. The van der Waals surface area contributed by atoms with Crippen LogP contribution in [0.2, 0.25) is 0 Å². The van der Waals surface area contributed by atoms with Gasteiger partial charge in [-0.25, -0.2) is 0 Å². The Hall–Kier alpha value is -3.88. The Kier molecular flexibility index (Phi) is 6.07. The number of nitro benzene ring substituents is 1. The minimum Gasteiger partial charge on any atom is -0.489 e. The fourth-order valence-corrected chi connectivity index (χ4v) is 3.72. The maximum Gasteiger partial charge on any atom is 0.269 e. The molecule has 166 valence electrons. The second-order valence-corrected chi connectivity index (χ2v) is 7.67. The van der Waals surface area contributed by atoms with Crippen molar-refractivity contribution in [3.8, 4) is 5.75 Å². The molecule has 0 radical (unpaired) electrons. The van der Waals surface area contributed by atoms with Crippen LogP contribution in [0, 0.1) is 24.0 Å². The molecule has 0 atom stereocenters. The summed E-state index contributed by atoms with van der Waals surface area (Å²) in [7, 11) is 0. The molecular weight excluding hydrogens is 412 g/mol. The van der Waals surface area contributed by atoms with Gasteiger partial charge in [-0.2, -0.15) is 0 Å². The molecule has 2 aromatic carbocycles. The molecule has 0 N–H and O–H groups in total. The van der Waals surface area contributed by atoms with Crippen molar-refractivity contribution in [3.63, 3.8) is 0 Å². The number of hydrogen-bond donors (Lipinski definition) is 0. The van der Waals surface area contributed by atoms with Crippen LogP contribution in [0.1, 0.15) is 27.4 Å². The van der Waals surface area contributed by atoms with Gasteiger partial charge in [-0.05, 0) is 44.2 Å². The fourth-order valence-electron chi connectivity index (χ4n) is 3.72. The second kappa shape index (κ2) is 9.09. The first-order chi connectivity index (χ1) is 15.4. The number of non-ortho nitro benzene ring substituents is 1. The molecular formula is C23H24N4O5. The van der Waals surface area contributed by atoms with E-state index in [9.17, 15) is 14.9 Å². The highest BCUT2D eigenvalue weighted by Gasteiger charge is 2.23. The zero-order valence-electron chi connectivity index (χ0n) is 18.0. The lowest BCUT2D eigenvalue weighted by Crippen LogP contribution is -2.48. The maximum absolute atomic E-state index is 13.0. The van der Waals surface area contributed by atoms with Gasteiger partial charge in [0.05, 0.1) is 16.2 Å². The lowest BCUT2D eigenvalue weighted by molar-refractivity contribution is -0.384. The Morgan fingerprint density at radius 2 is 1.84 bits per heavy atom. The molecule has 1 saturated heterocycles. The molecule has 1 fully saturated rings. The first-order valence-electron chi connectivity index (χ1n) is 10.4. The molecule has 0 aliphatic carbocycles. The van der Waals surface area contributed by atoms with Gasteiger partial charge in [-0.3, -0.25) is 14.9 Å². The van der Waals surface area contributed by atoms with Crippen molar-refractivity contribution < 1.29 is 19.0 Å². The summed E-state index contributed by atoms with van der Waals surface area (Å²) in [4.78, 5) is 27.4. The van der Waals surface area contributed by atoms with Gasteiger partial charge in [0.25, 0.3) is 11.6 Å². The Morgan fingerprint density at radius 1 is 1.12 bits per heavy atom. The summed E-state index contributed by atoms with van der Waals surface area (Å²) in [6, 6.07) is 13.7. The second-order valence-electron chi connectivity index (χ2n) is 7.67. The molecule has 9 nitrogen and oxygen atoms in total.